The van der Waals surface area contributed by atoms with E-state index >= 15 is 0 Å². The molecule has 0 radical (unpaired) electrons. The molecule has 1 unspecified atom stereocenters. The first-order chi connectivity index (χ1) is 7.15. The molecule has 0 aliphatic carbocycles. The van der Waals surface area contributed by atoms with Gasteiger partial charge in [-0.15, -0.1) is 0 Å². The molecule has 15 heavy (non-hydrogen) atoms. The molecule has 2 nitrogen and oxygen atoms in total. The smallest absolute Gasteiger partial charge is 0.126 e. The average Bonchev–Trinajstić information content (AvgIpc) is 2.25. The largest absolute Gasteiger partial charge is 0.385 e. The third kappa shape index (κ3) is 3.59. The van der Waals surface area contributed by atoms with Crippen LogP contribution >= 0.6 is 0 Å². The van der Waals surface area contributed by atoms with Crippen LogP contribution < -0.4 is 5.32 Å². The maximum atomic E-state index is 13.0. The van der Waals surface area contributed by atoms with E-state index in [1.54, 1.807) is 6.07 Å². The number of anilines is 1. The number of hydrogen-bond donors (Lipinski definition) is 1. The predicted molar refractivity (Wildman–Crippen MR) is 59.1 cm³/mol. The topological polar surface area (TPSA) is 35.8 Å². The van der Waals surface area contributed by atoms with Crippen molar-refractivity contribution in [3.05, 3.63) is 29.6 Å². The first-order valence-electron chi connectivity index (χ1n) is 5.10. The first-order valence-corrected chi connectivity index (χ1v) is 5.10. The molecule has 0 aliphatic rings. The Hall–Kier alpha value is -1.56. The van der Waals surface area contributed by atoms with Crippen LogP contribution in [-0.4, -0.2) is 6.54 Å². The quantitative estimate of drug-likeness (QED) is 0.821. The van der Waals surface area contributed by atoms with Gasteiger partial charge in [0.1, 0.15) is 5.82 Å². The molecule has 1 N–H and O–H groups in total. The second-order valence-corrected chi connectivity index (χ2v) is 3.73. The fourth-order valence-electron chi connectivity index (χ4n) is 1.19. The summed E-state index contributed by atoms with van der Waals surface area (Å²) in [5.74, 6) is 0.166. The lowest BCUT2D eigenvalue weighted by Crippen LogP contribution is -2.10. The second-order valence-electron chi connectivity index (χ2n) is 3.73. The molecule has 0 fully saturated rings. The van der Waals surface area contributed by atoms with Crippen molar-refractivity contribution in [2.45, 2.75) is 20.3 Å². The highest BCUT2D eigenvalue weighted by atomic mass is 19.1. The van der Waals surface area contributed by atoms with Crippen molar-refractivity contribution >= 4 is 5.69 Å². The fraction of sp³-hybridized carbons (Fsp3) is 0.417. The Bertz CT molecular complexity index is 368. The zero-order chi connectivity index (χ0) is 11.3. The molecule has 80 valence electrons. The summed E-state index contributed by atoms with van der Waals surface area (Å²) in [6, 6.07) is 6.22. The molecule has 0 saturated carbocycles. The van der Waals surface area contributed by atoms with Gasteiger partial charge in [0.25, 0.3) is 0 Å². The summed E-state index contributed by atoms with van der Waals surface area (Å²) in [5.41, 5.74) is 1.02. The van der Waals surface area contributed by atoms with E-state index in [-0.39, 0.29) is 5.82 Å². The lowest BCUT2D eigenvalue weighted by Gasteiger charge is -2.11. The SMILES string of the molecule is CCC(C)CNc1cc(F)cc(C#N)c1. The zero-order valence-corrected chi connectivity index (χ0v) is 9.05. The van der Waals surface area contributed by atoms with Crippen LogP contribution in [0.5, 0.6) is 0 Å². The van der Waals surface area contributed by atoms with Crippen LogP contribution in [0.1, 0.15) is 25.8 Å². The van der Waals surface area contributed by atoms with E-state index in [2.05, 4.69) is 19.2 Å². The van der Waals surface area contributed by atoms with Crippen molar-refractivity contribution in [1.29, 1.82) is 5.26 Å². The number of nitrogens with one attached hydrogen (secondary N) is 1. The molecule has 1 rings (SSSR count). The van der Waals surface area contributed by atoms with Crippen LogP contribution in [-0.2, 0) is 0 Å². The van der Waals surface area contributed by atoms with Crippen molar-refractivity contribution in [3.63, 3.8) is 0 Å². The average molecular weight is 206 g/mol. The van der Waals surface area contributed by atoms with Crippen molar-refractivity contribution < 1.29 is 4.39 Å². The molecule has 0 heterocycles. The van der Waals surface area contributed by atoms with E-state index in [0.717, 1.165) is 13.0 Å². The second kappa shape index (κ2) is 5.35. The number of nitriles is 1. The summed E-state index contributed by atoms with van der Waals surface area (Å²) in [7, 11) is 0. The van der Waals surface area contributed by atoms with E-state index in [4.69, 9.17) is 5.26 Å². The van der Waals surface area contributed by atoms with Gasteiger partial charge in [-0.25, -0.2) is 4.39 Å². The number of halogens is 1. The lowest BCUT2D eigenvalue weighted by atomic mass is 10.1. The minimum atomic E-state index is -0.374. The predicted octanol–water partition coefficient (Wildman–Crippen LogP) is 3.16. The third-order valence-electron chi connectivity index (χ3n) is 2.38. The van der Waals surface area contributed by atoms with Crippen molar-refractivity contribution in [2.75, 3.05) is 11.9 Å². The summed E-state index contributed by atoms with van der Waals surface area (Å²) in [6.45, 7) is 5.03. The monoisotopic (exact) mass is 206 g/mol. The van der Waals surface area contributed by atoms with Gasteiger partial charge in [-0.1, -0.05) is 20.3 Å². The van der Waals surface area contributed by atoms with Gasteiger partial charge in [-0.2, -0.15) is 5.26 Å². The van der Waals surface area contributed by atoms with Crippen LogP contribution in [0.4, 0.5) is 10.1 Å². The van der Waals surface area contributed by atoms with E-state index in [1.165, 1.54) is 12.1 Å². The number of nitrogens with zero attached hydrogens (tertiary/aromatic N) is 1. The van der Waals surface area contributed by atoms with Crippen molar-refractivity contribution in [2.24, 2.45) is 5.92 Å². The van der Waals surface area contributed by atoms with Gasteiger partial charge in [-0.05, 0) is 24.1 Å². The summed E-state index contributed by atoms with van der Waals surface area (Å²) in [4.78, 5) is 0. The van der Waals surface area contributed by atoms with Gasteiger partial charge in [0.15, 0.2) is 0 Å². The molecule has 1 atom stereocenters. The fourth-order valence-corrected chi connectivity index (χ4v) is 1.19. The van der Waals surface area contributed by atoms with Gasteiger partial charge in [0.2, 0.25) is 0 Å². The summed E-state index contributed by atoms with van der Waals surface area (Å²) in [6.07, 6.45) is 1.08. The number of benzene rings is 1. The van der Waals surface area contributed by atoms with Gasteiger partial charge in [0.05, 0.1) is 11.6 Å². The zero-order valence-electron chi connectivity index (χ0n) is 9.05. The maximum absolute atomic E-state index is 13.0. The van der Waals surface area contributed by atoms with Crippen LogP contribution in [0.2, 0.25) is 0 Å². The van der Waals surface area contributed by atoms with E-state index in [0.29, 0.717) is 17.2 Å². The molecule has 0 spiro atoms. The Morgan fingerprint density at radius 3 is 2.80 bits per heavy atom. The Morgan fingerprint density at radius 1 is 1.47 bits per heavy atom. The Kier molecular flexibility index (Phi) is 4.11. The minimum absolute atomic E-state index is 0.349. The Morgan fingerprint density at radius 2 is 2.20 bits per heavy atom. The van der Waals surface area contributed by atoms with E-state index in [1.807, 2.05) is 6.07 Å². The Balaban J connectivity index is 2.69. The lowest BCUT2D eigenvalue weighted by molar-refractivity contribution is 0.592. The molecular formula is C12H15FN2. The van der Waals surface area contributed by atoms with Crippen LogP contribution in [0.3, 0.4) is 0 Å². The molecule has 0 aliphatic heterocycles. The molecule has 0 amide bonds. The Labute approximate surface area is 89.7 Å². The minimum Gasteiger partial charge on any atom is -0.385 e. The highest BCUT2D eigenvalue weighted by Crippen LogP contribution is 2.14. The normalized spacial score (nSPS) is 11.9. The third-order valence-corrected chi connectivity index (χ3v) is 2.38. The number of rotatable bonds is 4. The standard InChI is InChI=1S/C12H15FN2/c1-3-9(2)8-15-12-5-10(7-14)4-11(13)6-12/h4-6,9,15H,3,8H2,1-2H3. The van der Waals surface area contributed by atoms with Crippen LogP contribution in [0.15, 0.2) is 18.2 Å². The van der Waals surface area contributed by atoms with Gasteiger partial charge in [-0.3, -0.25) is 0 Å². The number of hydrogen-bond acceptors (Lipinski definition) is 2. The maximum Gasteiger partial charge on any atom is 0.126 e. The highest BCUT2D eigenvalue weighted by molar-refractivity contribution is 5.49. The molecule has 0 bridgehead atoms. The van der Waals surface area contributed by atoms with Gasteiger partial charge < -0.3 is 5.32 Å². The van der Waals surface area contributed by atoms with Crippen LogP contribution in [0, 0.1) is 23.1 Å². The van der Waals surface area contributed by atoms with E-state index in [9.17, 15) is 4.39 Å². The molecule has 1 aromatic rings. The first kappa shape index (κ1) is 11.5. The highest BCUT2D eigenvalue weighted by Gasteiger charge is 2.02. The summed E-state index contributed by atoms with van der Waals surface area (Å²) in [5, 5.41) is 11.8. The molecule has 0 saturated heterocycles. The molecule has 1 aromatic carbocycles. The van der Waals surface area contributed by atoms with E-state index < -0.39 is 0 Å². The van der Waals surface area contributed by atoms with Crippen molar-refractivity contribution in [1.82, 2.24) is 0 Å². The summed E-state index contributed by atoms with van der Waals surface area (Å²) < 4.78 is 13.0. The van der Waals surface area contributed by atoms with Gasteiger partial charge in [0, 0.05) is 12.2 Å². The molecule has 0 aromatic heterocycles. The van der Waals surface area contributed by atoms with Crippen LogP contribution in [0.25, 0.3) is 0 Å². The molecule has 3 heteroatoms. The molecular weight excluding hydrogens is 191 g/mol. The summed E-state index contributed by atoms with van der Waals surface area (Å²) >= 11 is 0. The van der Waals surface area contributed by atoms with Crippen molar-refractivity contribution in [3.8, 4) is 6.07 Å². The van der Waals surface area contributed by atoms with Gasteiger partial charge >= 0.3 is 0 Å².